The van der Waals surface area contributed by atoms with Gasteiger partial charge < -0.3 is 11.1 Å². The van der Waals surface area contributed by atoms with Crippen LogP contribution >= 0.6 is 0 Å². The summed E-state index contributed by atoms with van der Waals surface area (Å²) in [6.45, 7) is 5.83. The largest absolute Gasteiger partial charge is 0.348 e. The predicted octanol–water partition coefficient (Wildman–Crippen LogP) is 1.78. The number of amides is 1. The summed E-state index contributed by atoms with van der Waals surface area (Å²) in [5, 5.41) is 7.18. The summed E-state index contributed by atoms with van der Waals surface area (Å²) >= 11 is 0. The van der Waals surface area contributed by atoms with Gasteiger partial charge in [0.05, 0.1) is 11.8 Å². The van der Waals surface area contributed by atoms with Crippen LogP contribution in [0, 0.1) is 13.8 Å². The number of nitrogens with zero attached hydrogens (tertiary/aromatic N) is 2. The summed E-state index contributed by atoms with van der Waals surface area (Å²) in [7, 11) is 0. The monoisotopic (exact) mass is 286 g/mol. The summed E-state index contributed by atoms with van der Waals surface area (Å²) in [6, 6.07) is 8.10. The molecule has 0 radical (unpaired) electrons. The molecule has 0 bridgehead atoms. The third-order valence-electron chi connectivity index (χ3n) is 3.46. The molecule has 3 N–H and O–H groups in total. The van der Waals surface area contributed by atoms with Crippen LogP contribution in [0.1, 0.15) is 33.6 Å². The molecule has 0 saturated heterocycles. The van der Waals surface area contributed by atoms with E-state index in [1.165, 1.54) is 5.56 Å². The van der Waals surface area contributed by atoms with Crippen molar-refractivity contribution < 1.29 is 4.79 Å². The zero-order valence-corrected chi connectivity index (χ0v) is 12.6. The molecule has 0 fully saturated rings. The van der Waals surface area contributed by atoms with Gasteiger partial charge in [0, 0.05) is 18.8 Å². The maximum atomic E-state index is 12.2. The first kappa shape index (κ1) is 15.3. The van der Waals surface area contributed by atoms with Crippen molar-refractivity contribution in [2.24, 2.45) is 5.73 Å². The van der Waals surface area contributed by atoms with Gasteiger partial charge in [-0.05, 0) is 32.4 Å². The fraction of sp³-hybridized carbons (Fsp3) is 0.375. The van der Waals surface area contributed by atoms with Gasteiger partial charge in [0.2, 0.25) is 0 Å². The van der Waals surface area contributed by atoms with Crippen molar-refractivity contribution in [3.63, 3.8) is 0 Å². The molecule has 112 valence electrons. The predicted molar refractivity (Wildman–Crippen MR) is 83.0 cm³/mol. The first-order chi connectivity index (χ1) is 10.1. The van der Waals surface area contributed by atoms with E-state index in [-0.39, 0.29) is 5.91 Å². The highest BCUT2D eigenvalue weighted by molar-refractivity contribution is 5.94. The highest BCUT2D eigenvalue weighted by Crippen LogP contribution is 2.09. The van der Waals surface area contributed by atoms with Crippen LogP contribution in [0.2, 0.25) is 0 Å². The number of carbonyl (C=O) groups excluding carboxylic acids is 1. The topological polar surface area (TPSA) is 72.9 Å². The molecular formula is C16H22N4O. The normalized spacial score (nSPS) is 10.6. The van der Waals surface area contributed by atoms with E-state index in [2.05, 4.69) is 16.5 Å². The molecule has 5 heteroatoms. The minimum atomic E-state index is -0.0898. The average Bonchev–Trinajstić information content (AvgIpc) is 2.84. The molecule has 0 saturated carbocycles. The van der Waals surface area contributed by atoms with Crippen molar-refractivity contribution in [1.82, 2.24) is 15.1 Å². The molecule has 21 heavy (non-hydrogen) atoms. The van der Waals surface area contributed by atoms with Crippen LogP contribution in [-0.4, -0.2) is 22.2 Å². The van der Waals surface area contributed by atoms with Crippen molar-refractivity contribution in [3.8, 4) is 0 Å². The molecule has 2 rings (SSSR count). The van der Waals surface area contributed by atoms with E-state index in [1.807, 2.05) is 36.7 Å². The van der Waals surface area contributed by atoms with E-state index in [0.717, 1.165) is 24.2 Å². The fourth-order valence-corrected chi connectivity index (χ4v) is 2.24. The Morgan fingerprint density at radius 1 is 1.38 bits per heavy atom. The standard InChI is InChI=1S/C16H22N4O/c1-12-5-3-6-14(9-12)10-18-16(21)15-11-19-20(13(15)2)8-4-7-17/h3,5-6,9,11H,4,7-8,10,17H2,1-2H3,(H,18,21). The quantitative estimate of drug-likeness (QED) is 0.850. The van der Waals surface area contributed by atoms with Crippen LogP contribution in [0.15, 0.2) is 30.5 Å². The molecule has 2 aromatic rings. The van der Waals surface area contributed by atoms with Crippen molar-refractivity contribution in [2.45, 2.75) is 33.4 Å². The Bertz CT molecular complexity index is 618. The average molecular weight is 286 g/mol. The minimum absolute atomic E-state index is 0.0898. The van der Waals surface area contributed by atoms with E-state index in [4.69, 9.17) is 5.73 Å². The molecule has 5 nitrogen and oxygen atoms in total. The van der Waals surface area contributed by atoms with E-state index in [0.29, 0.717) is 18.7 Å². The van der Waals surface area contributed by atoms with Crippen molar-refractivity contribution in [3.05, 3.63) is 52.8 Å². The lowest BCUT2D eigenvalue weighted by Crippen LogP contribution is -2.23. The maximum Gasteiger partial charge on any atom is 0.255 e. The number of aromatic nitrogens is 2. The van der Waals surface area contributed by atoms with Gasteiger partial charge in [-0.15, -0.1) is 0 Å². The maximum absolute atomic E-state index is 12.2. The van der Waals surface area contributed by atoms with Gasteiger partial charge in [0.15, 0.2) is 0 Å². The highest BCUT2D eigenvalue weighted by Gasteiger charge is 2.13. The van der Waals surface area contributed by atoms with Gasteiger partial charge >= 0.3 is 0 Å². The fourth-order valence-electron chi connectivity index (χ4n) is 2.24. The number of rotatable bonds is 6. The zero-order valence-electron chi connectivity index (χ0n) is 12.6. The van der Waals surface area contributed by atoms with Gasteiger partial charge in [0.25, 0.3) is 5.91 Å². The number of nitrogens with two attached hydrogens (primary N) is 1. The molecule has 0 aliphatic rings. The molecule has 0 aliphatic heterocycles. The second-order valence-electron chi connectivity index (χ2n) is 5.18. The summed E-state index contributed by atoms with van der Waals surface area (Å²) in [5.41, 5.74) is 9.28. The lowest BCUT2D eigenvalue weighted by atomic mass is 10.1. The van der Waals surface area contributed by atoms with Crippen LogP contribution in [0.5, 0.6) is 0 Å². The molecule has 1 heterocycles. The Labute approximate surface area is 125 Å². The van der Waals surface area contributed by atoms with Crippen LogP contribution < -0.4 is 11.1 Å². The Balaban J connectivity index is 1.99. The van der Waals surface area contributed by atoms with Crippen molar-refractivity contribution >= 4 is 5.91 Å². The van der Waals surface area contributed by atoms with Crippen LogP contribution in [0.4, 0.5) is 0 Å². The lowest BCUT2D eigenvalue weighted by Gasteiger charge is -2.07. The Morgan fingerprint density at radius 2 is 2.19 bits per heavy atom. The van der Waals surface area contributed by atoms with Crippen LogP contribution in [0.3, 0.4) is 0 Å². The molecule has 0 aliphatic carbocycles. The number of hydrogen-bond acceptors (Lipinski definition) is 3. The van der Waals surface area contributed by atoms with E-state index in [9.17, 15) is 4.79 Å². The molecule has 1 amide bonds. The van der Waals surface area contributed by atoms with Crippen LogP contribution in [-0.2, 0) is 13.1 Å². The highest BCUT2D eigenvalue weighted by atomic mass is 16.1. The molecule has 1 aromatic heterocycles. The lowest BCUT2D eigenvalue weighted by molar-refractivity contribution is 0.0950. The third-order valence-corrected chi connectivity index (χ3v) is 3.46. The second kappa shape index (κ2) is 7.04. The Kier molecular flexibility index (Phi) is 5.11. The number of hydrogen-bond donors (Lipinski definition) is 2. The number of aryl methyl sites for hydroxylation is 2. The van der Waals surface area contributed by atoms with Gasteiger partial charge in [0.1, 0.15) is 0 Å². The van der Waals surface area contributed by atoms with Gasteiger partial charge in [-0.25, -0.2) is 0 Å². The minimum Gasteiger partial charge on any atom is -0.348 e. The Hall–Kier alpha value is -2.14. The van der Waals surface area contributed by atoms with Gasteiger partial charge in [-0.2, -0.15) is 5.10 Å². The Morgan fingerprint density at radius 3 is 2.90 bits per heavy atom. The second-order valence-corrected chi connectivity index (χ2v) is 5.18. The zero-order chi connectivity index (χ0) is 15.2. The summed E-state index contributed by atoms with van der Waals surface area (Å²) in [4.78, 5) is 12.2. The SMILES string of the molecule is Cc1cccc(CNC(=O)c2cnn(CCCN)c2C)c1. The number of carbonyl (C=O) groups is 1. The van der Waals surface area contributed by atoms with E-state index < -0.39 is 0 Å². The summed E-state index contributed by atoms with van der Waals surface area (Å²) in [6.07, 6.45) is 2.48. The smallest absolute Gasteiger partial charge is 0.255 e. The van der Waals surface area contributed by atoms with E-state index in [1.54, 1.807) is 6.20 Å². The van der Waals surface area contributed by atoms with Gasteiger partial charge in [-0.1, -0.05) is 29.8 Å². The van der Waals surface area contributed by atoms with E-state index >= 15 is 0 Å². The number of benzene rings is 1. The first-order valence-electron chi connectivity index (χ1n) is 7.18. The molecule has 0 atom stereocenters. The molecular weight excluding hydrogens is 264 g/mol. The first-order valence-corrected chi connectivity index (χ1v) is 7.18. The van der Waals surface area contributed by atoms with Crippen molar-refractivity contribution in [2.75, 3.05) is 6.54 Å². The van der Waals surface area contributed by atoms with Crippen molar-refractivity contribution in [1.29, 1.82) is 0 Å². The molecule has 0 spiro atoms. The third kappa shape index (κ3) is 3.92. The molecule has 1 aromatic carbocycles. The number of nitrogens with one attached hydrogen (secondary N) is 1. The van der Waals surface area contributed by atoms with Crippen LogP contribution in [0.25, 0.3) is 0 Å². The summed E-state index contributed by atoms with van der Waals surface area (Å²) < 4.78 is 1.83. The van der Waals surface area contributed by atoms with Gasteiger partial charge in [-0.3, -0.25) is 9.48 Å². The summed E-state index contributed by atoms with van der Waals surface area (Å²) in [5.74, 6) is -0.0898. The molecule has 0 unspecified atom stereocenters.